The molecule has 0 saturated heterocycles. The highest BCUT2D eigenvalue weighted by molar-refractivity contribution is 7.91. The van der Waals surface area contributed by atoms with Crippen LogP contribution in [0.15, 0.2) is 35.2 Å². The number of aliphatic carboxylic acids is 1. The number of imidazole rings is 1. The molecule has 2 heterocycles. The molecule has 0 amide bonds. The summed E-state index contributed by atoms with van der Waals surface area (Å²) < 4.78 is 29.9. The van der Waals surface area contributed by atoms with Crippen molar-refractivity contribution in [3.63, 3.8) is 0 Å². The number of carbonyl (C=O) groups is 1. The van der Waals surface area contributed by atoms with Gasteiger partial charge in [-0.2, -0.15) is 4.98 Å². The van der Waals surface area contributed by atoms with Gasteiger partial charge in [0.2, 0.25) is 0 Å². The van der Waals surface area contributed by atoms with Crippen LogP contribution in [0, 0.1) is 5.92 Å². The van der Waals surface area contributed by atoms with E-state index < -0.39 is 15.8 Å². The molecule has 3 aromatic rings. The molecule has 1 saturated carbocycles. The monoisotopic (exact) mass is 463 g/mol. The van der Waals surface area contributed by atoms with Gasteiger partial charge in [-0.15, -0.1) is 0 Å². The summed E-state index contributed by atoms with van der Waals surface area (Å²) in [5.41, 5.74) is 2.22. The van der Waals surface area contributed by atoms with Crippen LogP contribution in [0.4, 0.5) is 0 Å². The van der Waals surface area contributed by atoms with Crippen molar-refractivity contribution in [3.8, 4) is 17.3 Å². The summed E-state index contributed by atoms with van der Waals surface area (Å²) in [6.45, 7) is 1.60. The van der Waals surface area contributed by atoms with Crippen LogP contribution < -0.4 is 4.74 Å². The predicted octanol–water partition coefficient (Wildman–Crippen LogP) is 4.09. The molecule has 0 unspecified atom stereocenters. The minimum absolute atomic E-state index is 0.0331. The quantitative estimate of drug-likeness (QED) is 0.564. The predicted molar refractivity (Wildman–Crippen MR) is 116 cm³/mol. The van der Waals surface area contributed by atoms with E-state index in [1.165, 1.54) is 0 Å². The Hall–Kier alpha value is -2.65. The van der Waals surface area contributed by atoms with E-state index in [2.05, 4.69) is 15.0 Å². The molecule has 1 aliphatic rings. The first-order valence-corrected chi connectivity index (χ1v) is 12.1. The summed E-state index contributed by atoms with van der Waals surface area (Å²) in [5.74, 6) is -1.03. The summed E-state index contributed by atoms with van der Waals surface area (Å²) in [6, 6.07) is 8.46. The molecule has 1 aliphatic carbocycles. The van der Waals surface area contributed by atoms with Gasteiger partial charge in [-0.25, -0.2) is 13.4 Å². The summed E-state index contributed by atoms with van der Waals surface area (Å²) in [4.78, 5) is 23.3. The molecular weight excluding hydrogens is 442 g/mol. The molecule has 2 aromatic heterocycles. The van der Waals surface area contributed by atoms with E-state index in [4.69, 9.17) is 21.4 Å². The molecule has 8 nitrogen and oxygen atoms in total. The molecule has 4 rings (SSSR count). The Morgan fingerprint density at radius 1 is 1.19 bits per heavy atom. The van der Waals surface area contributed by atoms with Crippen molar-refractivity contribution in [2.24, 2.45) is 5.92 Å². The molecule has 1 fully saturated rings. The minimum atomic E-state index is -3.28. The van der Waals surface area contributed by atoms with Crippen molar-refractivity contribution in [1.82, 2.24) is 15.0 Å². The van der Waals surface area contributed by atoms with Gasteiger partial charge in [0.05, 0.1) is 32.8 Å². The summed E-state index contributed by atoms with van der Waals surface area (Å²) in [7, 11) is -3.28. The second-order valence-corrected chi connectivity index (χ2v) is 10.3. The number of carboxylic acids is 1. The number of aromatic nitrogens is 3. The number of halogens is 1. The average molecular weight is 464 g/mol. The molecular formula is C21H22ClN3O5S. The maximum Gasteiger partial charge on any atom is 0.306 e. The van der Waals surface area contributed by atoms with Crippen LogP contribution >= 0.6 is 11.6 Å². The third kappa shape index (κ3) is 4.52. The molecule has 31 heavy (non-hydrogen) atoms. The lowest BCUT2D eigenvalue weighted by Crippen LogP contribution is -2.28. The van der Waals surface area contributed by atoms with E-state index in [1.807, 2.05) is 0 Å². The van der Waals surface area contributed by atoms with Gasteiger partial charge in [0.15, 0.2) is 15.5 Å². The highest BCUT2D eigenvalue weighted by atomic mass is 35.5. The van der Waals surface area contributed by atoms with Gasteiger partial charge in [-0.3, -0.25) is 4.79 Å². The normalized spacial score (nSPS) is 19.4. The smallest absolute Gasteiger partial charge is 0.306 e. The minimum Gasteiger partial charge on any atom is -0.481 e. The number of benzene rings is 1. The van der Waals surface area contributed by atoms with Crippen molar-refractivity contribution in [2.75, 3.05) is 5.75 Å². The van der Waals surface area contributed by atoms with Crippen LogP contribution in [0.1, 0.15) is 32.6 Å². The lowest BCUT2D eigenvalue weighted by Gasteiger charge is -2.25. The van der Waals surface area contributed by atoms with E-state index in [1.54, 1.807) is 37.3 Å². The second-order valence-electron chi connectivity index (χ2n) is 7.59. The van der Waals surface area contributed by atoms with Gasteiger partial charge in [0.1, 0.15) is 6.10 Å². The number of fused-ring (bicyclic) bond motifs is 1. The number of sulfone groups is 1. The fourth-order valence-electron chi connectivity index (χ4n) is 3.73. The Morgan fingerprint density at radius 3 is 2.48 bits per heavy atom. The van der Waals surface area contributed by atoms with Gasteiger partial charge in [0, 0.05) is 5.56 Å². The zero-order valence-electron chi connectivity index (χ0n) is 16.8. The largest absolute Gasteiger partial charge is 0.481 e. The number of pyridine rings is 1. The molecule has 0 radical (unpaired) electrons. The van der Waals surface area contributed by atoms with Crippen LogP contribution in [0.2, 0.25) is 5.02 Å². The molecule has 1 aromatic carbocycles. The van der Waals surface area contributed by atoms with Crippen LogP contribution in [-0.4, -0.2) is 46.3 Å². The Morgan fingerprint density at radius 2 is 1.87 bits per heavy atom. The first kappa shape index (κ1) is 21.6. The van der Waals surface area contributed by atoms with Gasteiger partial charge in [0.25, 0.3) is 6.01 Å². The molecule has 0 spiro atoms. The number of ether oxygens (including phenoxy) is 1. The number of nitrogens with zero attached hydrogens (tertiary/aromatic N) is 2. The van der Waals surface area contributed by atoms with Gasteiger partial charge < -0.3 is 14.8 Å². The molecule has 10 heteroatoms. The number of nitrogens with one attached hydrogen (secondary N) is 1. The standard InChI is InChI=1S/C21H22ClN3O5S/c1-2-31(28,29)15-9-5-12(6-10-15)18-16(22)11-17-19(24-18)25-21(23-17)30-14-7-3-13(4-8-14)20(26)27/h5-6,9-11,13-14H,2-4,7-8H2,1H3,(H,26,27)(H,23,24,25). The van der Waals surface area contributed by atoms with E-state index >= 15 is 0 Å². The average Bonchev–Trinajstić information content (AvgIpc) is 3.14. The fraction of sp³-hybridized carbons (Fsp3) is 0.381. The Bertz CT molecular complexity index is 1220. The maximum absolute atomic E-state index is 12.0. The van der Waals surface area contributed by atoms with E-state index in [9.17, 15) is 13.2 Å². The van der Waals surface area contributed by atoms with Crippen LogP contribution in [0.5, 0.6) is 6.01 Å². The molecule has 0 bridgehead atoms. The summed E-state index contributed by atoms with van der Waals surface area (Å²) in [6.07, 6.45) is 2.37. The van der Waals surface area contributed by atoms with Crippen molar-refractivity contribution in [3.05, 3.63) is 35.4 Å². The third-order valence-electron chi connectivity index (χ3n) is 5.57. The first-order valence-electron chi connectivity index (χ1n) is 10.1. The van der Waals surface area contributed by atoms with Gasteiger partial charge in [-0.05, 0) is 43.9 Å². The molecule has 0 aliphatic heterocycles. The number of aromatic amines is 1. The fourth-order valence-corrected chi connectivity index (χ4v) is 4.87. The molecule has 164 valence electrons. The van der Waals surface area contributed by atoms with Crippen molar-refractivity contribution in [2.45, 2.75) is 43.6 Å². The third-order valence-corrected chi connectivity index (χ3v) is 7.61. The van der Waals surface area contributed by atoms with Crippen LogP contribution in [-0.2, 0) is 14.6 Å². The summed E-state index contributed by atoms with van der Waals surface area (Å²) in [5, 5.41) is 9.51. The van der Waals surface area contributed by atoms with E-state index in [0.717, 1.165) is 0 Å². The summed E-state index contributed by atoms with van der Waals surface area (Å²) >= 11 is 6.42. The zero-order valence-corrected chi connectivity index (χ0v) is 18.4. The van der Waals surface area contributed by atoms with Crippen LogP contribution in [0.3, 0.4) is 0 Å². The number of hydrogen-bond donors (Lipinski definition) is 2. The topological polar surface area (TPSA) is 122 Å². The Kier molecular flexibility index (Phi) is 5.90. The molecule has 2 N–H and O–H groups in total. The van der Waals surface area contributed by atoms with Crippen molar-refractivity contribution < 1.29 is 23.1 Å². The number of carboxylic acid groups (broad SMARTS) is 1. The maximum atomic E-state index is 12.0. The second kappa shape index (κ2) is 8.47. The van der Waals surface area contributed by atoms with Crippen molar-refractivity contribution in [1.29, 1.82) is 0 Å². The zero-order chi connectivity index (χ0) is 22.2. The highest BCUT2D eigenvalue weighted by Gasteiger charge is 2.27. The van der Waals surface area contributed by atoms with Crippen molar-refractivity contribution >= 4 is 38.6 Å². The highest BCUT2D eigenvalue weighted by Crippen LogP contribution is 2.31. The van der Waals surface area contributed by atoms with Gasteiger partial charge >= 0.3 is 5.97 Å². The lowest BCUT2D eigenvalue weighted by molar-refractivity contribution is -0.143. The SMILES string of the molecule is CCS(=O)(=O)c1ccc(-c2nc3nc(OC4CCC(C(=O)O)CC4)[nH]c3cc2Cl)cc1. The number of H-pyrrole nitrogens is 1. The first-order chi connectivity index (χ1) is 14.8. The molecule has 0 atom stereocenters. The van der Waals surface area contributed by atoms with E-state index in [-0.39, 0.29) is 22.7 Å². The Balaban J connectivity index is 1.55. The number of rotatable bonds is 6. The van der Waals surface area contributed by atoms with Gasteiger partial charge in [-0.1, -0.05) is 30.7 Å². The number of hydrogen-bond acceptors (Lipinski definition) is 6. The van der Waals surface area contributed by atoms with Crippen LogP contribution in [0.25, 0.3) is 22.4 Å². The Labute approximate surface area is 184 Å². The van der Waals surface area contributed by atoms with E-state index in [0.29, 0.717) is 59.1 Å². The lowest BCUT2D eigenvalue weighted by atomic mass is 9.87.